The number of halogens is 3. The second kappa shape index (κ2) is 10.2. The van der Waals surface area contributed by atoms with Crippen molar-refractivity contribution in [2.75, 3.05) is 11.9 Å². The lowest BCUT2D eigenvalue weighted by Crippen LogP contribution is -2.53. The highest BCUT2D eigenvalue weighted by atomic mass is 19.4. The zero-order chi connectivity index (χ0) is 29.6. The van der Waals surface area contributed by atoms with E-state index < -0.39 is 40.6 Å². The highest BCUT2D eigenvalue weighted by molar-refractivity contribution is 6.06. The van der Waals surface area contributed by atoms with Gasteiger partial charge in [-0.2, -0.15) is 18.4 Å². The predicted octanol–water partition coefficient (Wildman–Crippen LogP) is 6.61. The van der Waals surface area contributed by atoms with Crippen LogP contribution in [0.4, 0.5) is 23.7 Å². The Balaban J connectivity index is 1.75. The smallest absolute Gasteiger partial charge is 0.419 e. The number of piperidine rings is 1. The van der Waals surface area contributed by atoms with Crippen molar-refractivity contribution < 1.29 is 27.5 Å². The lowest BCUT2D eigenvalue weighted by Gasteiger charge is -2.45. The van der Waals surface area contributed by atoms with Crippen LogP contribution >= 0.6 is 0 Å². The number of nitriles is 1. The quantitative estimate of drug-likeness (QED) is 0.392. The van der Waals surface area contributed by atoms with Gasteiger partial charge in [-0.3, -0.25) is 4.79 Å². The number of amides is 2. The van der Waals surface area contributed by atoms with Gasteiger partial charge in [0.25, 0.3) is 5.91 Å². The van der Waals surface area contributed by atoms with E-state index >= 15 is 0 Å². The molecule has 8 nitrogen and oxygen atoms in total. The average Bonchev–Trinajstić information content (AvgIpc) is 3.17. The van der Waals surface area contributed by atoms with Crippen molar-refractivity contribution in [1.82, 2.24) is 14.5 Å². The molecule has 1 aliphatic heterocycles. The molecule has 0 aliphatic carbocycles. The van der Waals surface area contributed by atoms with Crippen LogP contribution in [0.5, 0.6) is 0 Å². The fourth-order valence-electron chi connectivity index (χ4n) is 5.32. The second-order valence-electron chi connectivity index (χ2n) is 11.7. The van der Waals surface area contributed by atoms with Gasteiger partial charge in [-0.25, -0.2) is 9.78 Å². The van der Waals surface area contributed by atoms with Gasteiger partial charge in [0.2, 0.25) is 0 Å². The standard InChI is InChI=1S/C29H32F3N5O3/c1-27(2,3)40-26(39)37-11-10-19(13-28(37,4)5)20-16-36(6)24-22(20)23(29(30,31)32)21(15-34-24)35-25(38)18-9-7-8-17(12-18)14-33/h7-9,12,15-16,19H,10-11,13H2,1-6H3,(H,35,38)/t19-/m1/s1. The van der Waals surface area contributed by atoms with Crippen LogP contribution in [0.1, 0.15) is 80.4 Å². The van der Waals surface area contributed by atoms with Crippen LogP contribution in [0.2, 0.25) is 0 Å². The van der Waals surface area contributed by atoms with Gasteiger partial charge >= 0.3 is 12.3 Å². The fraction of sp³-hybridized carbons (Fsp3) is 0.448. The Hall–Kier alpha value is -4.07. The summed E-state index contributed by atoms with van der Waals surface area (Å²) in [6.45, 7) is 9.40. The summed E-state index contributed by atoms with van der Waals surface area (Å²) in [5.74, 6) is -1.09. The van der Waals surface area contributed by atoms with E-state index in [0.29, 0.717) is 24.9 Å². The predicted molar refractivity (Wildman–Crippen MR) is 144 cm³/mol. The number of aromatic nitrogens is 2. The van der Waals surface area contributed by atoms with Crippen molar-refractivity contribution in [3.05, 3.63) is 58.9 Å². The molecule has 1 fully saturated rings. The van der Waals surface area contributed by atoms with Crippen molar-refractivity contribution in [2.45, 2.75) is 70.7 Å². The summed E-state index contributed by atoms with van der Waals surface area (Å²) in [4.78, 5) is 31.7. The second-order valence-corrected chi connectivity index (χ2v) is 11.7. The number of hydrogen-bond donors (Lipinski definition) is 1. The van der Waals surface area contributed by atoms with Crippen LogP contribution in [0.25, 0.3) is 11.0 Å². The van der Waals surface area contributed by atoms with E-state index in [0.717, 1.165) is 6.20 Å². The summed E-state index contributed by atoms with van der Waals surface area (Å²) in [7, 11) is 1.63. The first-order chi connectivity index (χ1) is 18.5. The third-order valence-electron chi connectivity index (χ3n) is 7.03. The zero-order valence-corrected chi connectivity index (χ0v) is 23.3. The number of hydrogen-bond acceptors (Lipinski definition) is 5. The van der Waals surface area contributed by atoms with E-state index in [4.69, 9.17) is 10.00 Å². The average molecular weight is 556 g/mol. The first kappa shape index (κ1) is 28.9. The number of rotatable bonds is 3. The minimum absolute atomic E-state index is 0.0526. The largest absolute Gasteiger partial charge is 0.444 e. The molecule has 1 atom stereocenters. The Morgan fingerprint density at radius 3 is 2.52 bits per heavy atom. The maximum atomic E-state index is 14.7. The number of nitrogens with zero attached hydrogens (tertiary/aromatic N) is 4. The first-order valence-electron chi connectivity index (χ1n) is 12.9. The molecule has 40 heavy (non-hydrogen) atoms. The van der Waals surface area contributed by atoms with Crippen LogP contribution in [0.3, 0.4) is 0 Å². The number of benzene rings is 1. The van der Waals surface area contributed by atoms with E-state index in [1.165, 1.54) is 24.3 Å². The molecule has 1 N–H and O–H groups in total. The lowest BCUT2D eigenvalue weighted by atomic mass is 9.79. The topological polar surface area (TPSA) is 100 Å². The van der Waals surface area contributed by atoms with E-state index in [2.05, 4.69) is 10.3 Å². The number of alkyl halides is 3. The van der Waals surface area contributed by atoms with Crippen molar-refractivity contribution in [3.8, 4) is 6.07 Å². The molecule has 1 saturated heterocycles. The molecule has 0 spiro atoms. The Kier molecular flexibility index (Phi) is 7.34. The van der Waals surface area contributed by atoms with Crippen LogP contribution in [-0.4, -0.2) is 44.1 Å². The van der Waals surface area contributed by atoms with Gasteiger partial charge in [-0.15, -0.1) is 0 Å². The maximum Gasteiger partial charge on any atom is 0.419 e. The molecule has 2 amide bonds. The van der Waals surface area contributed by atoms with Gasteiger partial charge in [-0.05, 0) is 77.1 Å². The van der Waals surface area contributed by atoms with Gasteiger partial charge in [0.1, 0.15) is 11.2 Å². The zero-order valence-electron chi connectivity index (χ0n) is 23.3. The summed E-state index contributed by atoms with van der Waals surface area (Å²) >= 11 is 0. The number of ether oxygens (including phenoxy) is 1. The van der Waals surface area contributed by atoms with Gasteiger partial charge in [0.05, 0.1) is 29.1 Å². The number of nitrogens with one attached hydrogen (secondary N) is 1. The van der Waals surface area contributed by atoms with Crippen molar-refractivity contribution in [2.24, 2.45) is 7.05 Å². The Morgan fingerprint density at radius 1 is 1.23 bits per heavy atom. The molecule has 3 aromatic rings. The van der Waals surface area contributed by atoms with Crippen LogP contribution in [-0.2, 0) is 18.0 Å². The van der Waals surface area contributed by atoms with Crippen molar-refractivity contribution >= 4 is 28.7 Å². The molecule has 11 heteroatoms. The molecule has 4 rings (SSSR count). The van der Waals surface area contributed by atoms with E-state index in [1.807, 2.05) is 19.9 Å². The number of anilines is 1. The molecule has 212 valence electrons. The molecule has 0 radical (unpaired) electrons. The molecular formula is C29H32F3N5O3. The minimum Gasteiger partial charge on any atom is -0.444 e. The molecule has 0 unspecified atom stereocenters. The molecule has 0 bridgehead atoms. The highest BCUT2D eigenvalue weighted by Crippen LogP contribution is 2.46. The summed E-state index contributed by atoms with van der Waals surface area (Å²) in [5, 5.41) is 11.4. The van der Waals surface area contributed by atoms with Gasteiger partial charge in [0, 0.05) is 36.3 Å². The number of carbonyl (C=O) groups excluding carboxylic acids is 2. The number of aryl methyl sites for hydroxylation is 1. The summed E-state index contributed by atoms with van der Waals surface area (Å²) < 4.78 is 51.2. The number of pyridine rings is 1. The SMILES string of the molecule is Cn1cc([C@@H]2CCN(C(=O)OC(C)(C)C)C(C)(C)C2)c2c(C(F)(F)F)c(NC(=O)c3cccc(C#N)c3)cnc21. The number of carbonyl (C=O) groups is 2. The Morgan fingerprint density at radius 2 is 1.93 bits per heavy atom. The highest BCUT2D eigenvalue weighted by Gasteiger charge is 2.43. The minimum atomic E-state index is -4.80. The monoisotopic (exact) mass is 555 g/mol. The fourth-order valence-corrected chi connectivity index (χ4v) is 5.32. The van der Waals surface area contributed by atoms with E-state index in [-0.39, 0.29) is 28.1 Å². The number of likely N-dealkylation sites (tertiary alicyclic amines) is 1. The molecule has 3 heterocycles. The molecule has 2 aromatic heterocycles. The normalized spacial score (nSPS) is 17.4. The van der Waals surface area contributed by atoms with E-state index in [9.17, 15) is 22.8 Å². The molecule has 0 saturated carbocycles. The van der Waals surface area contributed by atoms with Crippen LogP contribution in [0.15, 0.2) is 36.7 Å². The van der Waals surface area contributed by atoms with Crippen molar-refractivity contribution in [1.29, 1.82) is 5.26 Å². The molecule has 1 aliphatic rings. The van der Waals surface area contributed by atoms with Gasteiger partial charge in [0.15, 0.2) is 0 Å². The van der Waals surface area contributed by atoms with Crippen LogP contribution < -0.4 is 5.32 Å². The Bertz CT molecular complexity index is 1510. The van der Waals surface area contributed by atoms with Gasteiger partial charge in [-0.1, -0.05) is 6.07 Å². The molecule has 1 aromatic carbocycles. The number of fused-ring (bicyclic) bond motifs is 1. The lowest BCUT2D eigenvalue weighted by molar-refractivity contribution is -0.135. The maximum absolute atomic E-state index is 14.7. The van der Waals surface area contributed by atoms with Crippen molar-refractivity contribution in [3.63, 3.8) is 0 Å². The summed E-state index contributed by atoms with van der Waals surface area (Å²) in [6, 6.07) is 7.63. The first-order valence-corrected chi connectivity index (χ1v) is 12.9. The third kappa shape index (κ3) is 5.76. The summed E-state index contributed by atoms with van der Waals surface area (Å²) in [6.07, 6.45) is -1.77. The molecular weight excluding hydrogens is 523 g/mol. The third-order valence-corrected chi connectivity index (χ3v) is 7.03. The van der Waals surface area contributed by atoms with Gasteiger partial charge < -0.3 is 19.5 Å². The van der Waals surface area contributed by atoms with Crippen LogP contribution in [0, 0.1) is 11.3 Å². The Labute approximate surface area is 230 Å². The van der Waals surface area contributed by atoms with E-state index in [1.54, 1.807) is 43.5 Å². The summed E-state index contributed by atoms with van der Waals surface area (Å²) in [5.41, 5.74) is -1.95.